The first-order valence-electron chi connectivity index (χ1n) is 7.63. The predicted molar refractivity (Wildman–Crippen MR) is 78.3 cm³/mol. The van der Waals surface area contributed by atoms with E-state index in [1.807, 2.05) is 0 Å². The van der Waals surface area contributed by atoms with Crippen LogP contribution in [0.3, 0.4) is 0 Å². The van der Waals surface area contributed by atoms with Crippen molar-refractivity contribution in [2.75, 3.05) is 20.2 Å². The number of piperidine rings is 1. The first-order valence-corrected chi connectivity index (χ1v) is 7.63. The van der Waals surface area contributed by atoms with Crippen LogP contribution in [0.1, 0.15) is 30.3 Å². The van der Waals surface area contributed by atoms with Gasteiger partial charge < -0.3 is 19.3 Å². The molecule has 1 aliphatic rings. The van der Waals surface area contributed by atoms with E-state index in [-0.39, 0.29) is 11.6 Å². The molecule has 1 fully saturated rings. The molecule has 1 atom stereocenters. The number of ether oxygens (including phenoxy) is 1. The van der Waals surface area contributed by atoms with Gasteiger partial charge in [0.05, 0.1) is 12.4 Å². The summed E-state index contributed by atoms with van der Waals surface area (Å²) in [4.78, 5) is 14.4. The molecular weight excluding hydrogens is 298 g/mol. The minimum absolute atomic E-state index is 0.0655. The van der Waals surface area contributed by atoms with Crippen molar-refractivity contribution < 1.29 is 23.8 Å². The van der Waals surface area contributed by atoms with Crippen LogP contribution < -0.4 is 14.5 Å². The Hall–Kier alpha value is -2.57. The molecule has 2 aromatic rings. The number of hydrogen-bond acceptors (Lipinski definition) is 5. The van der Waals surface area contributed by atoms with E-state index in [2.05, 4.69) is 12.2 Å². The van der Waals surface area contributed by atoms with Gasteiger partial charge in [-0.1, -0.05) is 6.92 Å². The first kappa shape index (κ1) is 15.3. The zero-order chi connectivity index (χ0) is 16.4. The highest BCUT2D eigenvalue weighted by atomic mass is 16.6. The molecule has 0 saturated carbocycles. The maximum absolute atomic E-state index is 12.7. The van der Waals surface area contributed by atoms with Crippen molar-refractivity contribution in [2.24, 2.45) is 5.92 Å². The van der Waals surface area contributed by atoms with E-state index in [4.69, 9.17) is 9.26 Å². The number of amides is 1. The Balaban J connectivity index is 1.93. The van der Waals surface area contributed by atoms with Gasteiger partial charge in [-0.15, -0.1) is 0 Å². The lowest BCUT2D eigenvalue weighted by Crippen LogP contribution is -2.46. The van der Waals surface area contributed by atoms with E-state index >= 15 is 0 Å². The lowest BCUT2D eigenvalue weighted by atomic mass is 10.00. The molecule has 1 unspecified atom stereocenters. The average Bonchev–Trinajstić information content (AvgIpc) is 2.96. The van der Waals surface area contributed by atoms with Gasteiger partial charge in [0, 0.05) is 25.2 Å². The number of rotatable bonds is 3. The Morgan fingerprint density at radius 2 is 2.17 bits per heavy atom. The predicted octanol–water partition coefficient (Wildman–Crippen LogP) is 0.906. The monoisotopic (exact) mass is 317 g/mol. The van der Waals surface area contributed by atoms with Crippen molar-refractivity contribution in [3.63, 3.8) is 0 Å². The van der Waals surface area contributed by atoms with Crippen LogP contribution in [-0.4, -0.2) is 36.3 Å². The summed E-state index contributed by atoms with van der Waals surface area (Å²) in [5, 5.41) is 15.7. The number of benzene rings is 1. The highest BCUT2D eigenvalue weighted by molar-refractivity contribution is 5.92. The van der Waals surface area contributed by atoms with Gasteiger partial charge in [-0.05, 0) is 35.6 Å². The fraction of sp³-hybridized carbons (Fsp3) is 0.438. The molecule has 3 rings (SSSR count). The SMILES string of the molecule is COc1ccc(-[n+]2noc([O-])c2C(=O)N2CCCC(C)C2)cc1. The smallest absolute Gasteiger partial charge is 0.327 e. The van der Waals surface area contributed by atoms with Gasteiger partial charge >= 0.3 is 11.6 Å². The number of likely N-dealkylation sites (tertiary alicyclic amines) is 1. The molecule has 1 aromatic heterocycles. The Bertz CT molecular complexity index is 696. The van der Waals surface area contributed by atoms with Gasteiger partial charge in [0.2, 0.25) is 5.69 Å². The van der Waals surface area contributed by atoms with Crippen LogP contribution in [0.5, 0.6) is 11.7 Å². The third kappa shape index (κ3) is 2.99. The molecule has 122 valence electrons. The highest BCUT2D eigenvalue weighted by Gasteiger charge is 2.33. The van der Waals surface area contributed by atoms with Crippen molar-refractivity contribution in [2.45, 2.75) is 19.8 Å². The summed E-state index contributed by atoms with van der Waals surface area (Å²) < 4.78 is 11.1. The molecule has 0 radical (unpaired) electrons. The number of carbonyl (C=O) groups excluding carboxylic acids is 1. The summed E-state index contributed by atoms with van der Waals surface area (Å²) in [6.45, 7) is 3.39. The summed E-state index contributed by atoms with van der Waals surface area (Å²) in [7, 11) is 1.57. The number of nitrogens with zero attached hydrogens (tertiary/aromatic N) is 3. The van der Waals surface area contributed by atoms with Gasteiger partial charge in [0.25, 0.3) is 0 Å². The molecule has 0 N–H and O–H groups in total. The van der Waals surface area contributed by atoms with Crippen LogP contribution in [-0.2, 0) is 0 Å². The van der Waals surface area contributed by atoms with Crippen LogP contribution in [0.25, 0.3) is 5.69 Å². The molecular formula is C16H19N3O4. The van der Waals surface area contributed by atoms with Crippen molar-refractivity contribution in [3.05, 3.63) is 30.0 Å². The first-order chi connectivity index (χ1) is 11.1. The van der Waals surface area contributed by atoms with Crippen LogP contribution in [0.2, 0.25) is 0 Å². The minimum Gasteiger partial charge on any atom is -0.538 e. The molecule has 23 heavy (non-hydrogen) atoms. The van der Waals surface area contributed by atoms with E-state index < -0.39 is 5.95 Å². The second-order valence-corrected chi connectivity index (χ2v) is 5.82. The van der Waals surface area contributed by atoms with E-state index in [9.17, 15) is 9.90 Å². The van der Waals surface area contributed by atoms with Crippen LogP contribution in [0, 0.1) is 5.92 Å². The van der Waals surface area contributed by atoms with Crippen LogP contribution >= 0.6 is 0 Å². The minimum atomic E-state index is -0.718. The molecule has 1 aliphatic heterocycles. The topological polar surface area (TPSA) is 82.5 Å². The maximum atomic E-state index is 12.7. The van der Waals surface area contributed by atoms with Crippen LogP contribution in [0.4, 0.5) is 0 Å². The molecule has 1 saturated heterocycles. The number of aromatic nitrogens is 2. The third-order valence-electron chi connectivity index (χ3n) is 4.07. The molecule has 0 spiro atoms. The summed E-state index contributed by atoms with van der Waals surface area (Å²) in [6, 6.07) is 6.91. The Kier molecular flexibility index (Phi) is 4.18. The second-order valence-electron chi connectivity index (χ2n) is 5.82. The Morgan fingerprint density at radius 3 is 2.83 bits per heavy atom. The number of methoxy groups -OCH3 is 1. The number of carbonyl (C=O) groups is 1. The summed E-state index contributed by atoms with van der Waals surface area (Å²) >= 11 is 0. The van der Waals surface area contributed by atoms with Gasteiger partial charge in [0.1, 0.15) is 5.75 Å². The number of hydrogen-bond donors (Lipinski definition) is 0. The van der Waals surface area contributed by atoms with Crippen molar-refractivity contribution in [3.8, 4) is 17.4 Å². The Labute approximate surface area is 134 Å². The fourth-order valence-corrected chi connectivity index (χ4v) is 2.85. The highest BCUT2D eigenvalue weighted by Crippen LogP contribution is 2.20. The zero-order valence-corrected chi connectivity index (χ0v) is 13.2. The standard InChI is InChI=1S/C16H19N3O4/c1-11-4-3-9-18(10-11)15(20)14-16(21)23-17-19(14)12-5-7-13(22-2)8-6-12/h5-8,11H,3-4,9-10H2,1-2H3. The fourth-order valence-electron chi connectivity index (χ4n) is 2.85. The van der Waals surface area contributed by atoms with Gasteiger partial charge in [-0.2, -0.15) is 0 Å². The van der Waals surface area contributed by atoms with Crippen molar-refractivity contribution in [1.29, 1.82) is 0 Å². The molecule has 0 bridgehead atoms. The van der Waals surface area contributed by atoms with Gasteiger partial charge in [-0.25, -0.2) is 0 Å². The lowest BCUT2D eigenvalue weighted by molar-refractivity contribution is -0.672. The van der Waals surface area contributed by atoms with E-state index in [0.29, 0.717) is 30.4 Å². The quantitative estimate of drug-likeness (QED) is 0.786. The largest absolute Gasteiger partial charge is 0.538 e. The summed E-state index contributed by atoms with van der Waals surface area (Å²) in [5.41, 5.74) is 0.509. The van der Waals surface area contributed by atoms with E-state index in [1.165, 1.54) is 4.68 Å². The van der Waals surface area contributed by atoms with Gasteiger partial charge in [-0.3, -0.25) is 4.79 Å². The van der Waals surface area contributed by atoms with E-state index in [0.717, 1.165) is 12.8 Å². The average molecular weight is 317 g/mol. The zero-order valence-electron chi connectivity index (χ0n) is 13.2. The van der Waals surface area contributed by atoms with Crippen LogP contribution in [0.15, 0.2) is 28.8 Å². The Morgan fingerprint density at radius 1 is 1.43 bits per heavy atom. The van der Waals surface area contributed by atoms with E-state index in [1.54, 1.807) is 36.3 Å². The molecule has 2 heterocycles. The third-order valence-corrected chi connectivity index (χ3v) is 4.07. The maximum Gasteiger partial charge on any atom is 0.327 e. The molecule has 1 amide bonds. The molecule has 7 heteroatoms. The normalized spacial score (nSPS) is 18.0. The molecule has 1 aromatic carbocycles. The second kappa shape index (κ2) is 6.28. The molecule has 7 nitrogen and oxygen atoms in total. The molecule has 0 aliphatic carbocycles. The lowest BCUT2D eigenvalue weighted by Gasteiger charge is -2.29. The van der Waals surface area contributed by atoms with Gasteiger partial charge in [0.15, 0.2) is 5.95 Å². The summed E-state index contributed by atoms with van der Waals surface area (Å²) in [6.07, 6.45) is 2.03. The summed E-state index contributed by atoms with van der Waals surface area (Å²) in [5.74, 6) is 0.0534. The van der Waals surface area contributed by atoms with Crippen molar-refractivity contribution >= 4 is 5.91 Å². The van der Waals surface area contributed by atoms with Crippen molar-refractivity contribution in [1.82, 2.24) is 10.2 Å².